The van der Waals surface area contributed by atoms with Crippen LogP contribution in [-0.4, -0.2) is 28.0 Å². The third kappa shape index (κ3) is 5.08. The Kier molecular flexibility index (Phi) is 6.44. The van der Waals surface area contributed by atoms with Crippen LogP contribution in [0.4, 0.5) is 0 Å². The lowest BCUT2D eigenvalue weighted by atomic mass is 10.2. The van der Waals surface area contributed by atoms with Gasteiger partial charge in [-0.25, -0.2) is 4.68 Å². The molecule has 27 heavy (non-hydrogen) atoms. The maximum absolute atomic E-state index is 12.4. The Balaban J connectivity index is 1.60. The summed E-state index contributed by atoms with van der Waals surface area (Å²) in [6.45, 7) is 2.28. The Labute approximate surface area is 162 Å². The molecule has 0 atom stereocenters. The van der Waals surface area contributed by atoms with Gasteiger partial charge in [0.15, 0.2) is 5.69 Å². The highest BCUT2D eigenvalue weighted by molar-refractivity contribution is 7.98. The van der Waals surface area contributed by atoms with Crippen molar-refractivity contribution in [3.63, 3.8) is 0 Å². The van der Waals surface area contributed by atoms with Gasteiger partial charge in [0, 0.05) is 29.8 Å². The highest BCUT2D eigenvalue weighted by Gasteiger charge is 2.14. The van der Waals surface area contributed by atoms with Crippen molar-refractivity contribution in [3.05, 3.63) is 93.9 Å². The second-order valence-corrected chi connectivity index (χ2v) is 7.15. The maximum Gasteiger partial charge on any atom is 0.275 e. The van der Waals surface area contributed by atoms with E-state index in [1.807, 2.05) is 48.5 Å². The van der Waals surface area contributed by atoms with E-state index in [0.717, 1.165) is 17.2 Å². The molecule has 3 rings (SSSR count). The fraction of sp³-hybridized carbons (Fsp3) is 0.190. The summed E-state index contributed by atoms with van der Waals surface area (Å²) in [5.74, 6) is 1.21. The normalized spacial score (nSPS) is 10.6. The van der Waals surface area contributed by atoms with Gasteiger partial charge in [-0.2, -0.15) is 16.9 Å². The van der Waals surface area contributed by atoms with Crippen LogP contribution in [0.2, 0.25) is 0 Å². The van der Waals surface area contributed by atoms with E-state index in [0.29, 0.717) is 12.2 Å². The van der Waals surface area contributed by atoms with Gasteiger partial charge >= 0.3 is 0 Å². The topological polar surface area (TPSA) is 64.0 Å². The van der Waals surface area contributed by atoms with E-state index in [-0.39, 0.29) is 11.1 Å². The fourth-order valence-electron chi connectivity index (χ4n) is 2.62. The van der Waals surface area contributed by atoms with Gasteiger partial charge in [0.2, 0.25) is 5.43 Å². The molecule has 0 radical (unpaired) electrons. The van der Waals surface area contributed by atoms with E-state index < -0.39 is 5.91 Å². The number of para-hydroxylation sites is 1. The number of rotatable bonds is 7. The second kappa shape index (κ2) is 9.19. The Bertz CT molecular complexity index is 956. The van der Waals surface area contributed by atoms with Crippen LogP contribution >= 0.6 is 11.8 Å². The van der Waals surface area contributed by atoms with Crippen LogP contribution in [0, 0.1) is 6.92 Å². The summed E-state index contributed by atoms with van der Waals surface area (Å²) >= 11 is 1.73. The number of aryl methyl sites for hydroxylation is 1. The molecule has 1 heterocycles. The first-order valence-electron chi connectivity index (χ1n) is 8.71. The monoisotopic (exact) mass is 379 g/mol. The largest absolute Gasteiger partial charge is 0.350 e. The van der Waals surface area contributed by atoms with Crippen LogP contribution in [0.3, 0.4) is 0 Å². The van der Waals surface area contributed by atoms with Gasteiger partial charge < -0.3 is 5.32 Å². The van der Waals surface area contributed by atoms with Crippen LogP contribution in [0.1, 0.15) is 21.7 Å². The number of carbonyl (C=O) groups is 1. The number of carbonyl (C=O) groups excluding carboxylic acids is 1. The fourth-order valence-corrected chi connectivity index (χ4v) is 3.44. The number of aromatic nitrogens is 2. The summed E-state index contributed by atoms with van der Waals surface area (Å²) in [4.78, 5) is 24.6. The highest BCUT2D eigenvalue weighted by atomic mass is 32.2. The Morgan fingerprint density at radius 2 is 1.74 bits per heavy atom. The minimum Gasteiger partial charge on any atom is -0.350 e. The van der Waals surface area contributed by atoms with E-state index >= 15 is 0 Å². The van der Waals surface area contributed by atoms with Gasteiger partial charge in [0.25, 0.3) is 5.91 Å². The van der Waals surface area contributed by atoms with Crippen molar-refractivity contribution < 1.29 is 4.79 Å². The molecule has 0 aliphatic heterocycles. The summed E-state index contributed by atoms with van der Waals surface area (Å²) in [6, 6.07) is 21.1. The molecule has 0 fully saturated rings. The Morgan fingerprint density at radius 3 is 2.44 bits per heavy atom. The average molecular weight is 379 g/mol. The number of hydrogen-bond donors (Lipinski definition) is 1. The molecular weight excluding hydrogens is 358 g/mol. The number of nitrogens with zero attached hydrogens (tertiary/aromatic N) is 2. The Hall–Kier alpha value is -2.86. The Morgan fingerprint density at radius 1 is 1.07 bits per heavy atom. The summed E-state index contributed by atoms with van der Waals surface area (Å²) in [7, 11) is 0. The third-order valence-electron chi connectivity index (χ3n) is 3.97. The van der Waals surface area contributed by atoms with Gasteiger partial charge in [-0.15, -0.1) is 0 Å². The smallest absolute Gasteiger partial charge is 0.275 e. The van der Waals surface area contributed by atoms with Crippen molar-refractivity contribution in [2.45, 2.75) is 12.7 Å². The zero-order chi connectivity index (χ0) is 19.1. The molecule has 138 valence electrons. The van der Waals surface area contributed by atoms with Crippen molar-refractivity contribution in [3.8, 4) is 5.69 Å². The first kappa shape index (κ1) is 18.9. The molecule has 0 saturated heterocycles. The zero-order valence-electron chi connectivity index (χ0n) is 15.1. The molecule has 0 spiro atoms. The van der Waals surface area contributed by atoms with E-state index in [2.05, 4.69) is 22.5 Å². The summed E-state index contributed by atoms with van der Waals surface area (Å²) in [5.41, 5.74) is 2.29. The SMILES string of the molecule is Cc1cc(=O)c(C(=O)NCCSCc2ccccc2)nn1-c1ccccc1. The number of amides is 1. The lowest BCUT2D eigenvalue weighted by molar-refractivity contribution is 0.0948. The zero-order valence-corrected chi connectivity index (χ0v) is 15.9. The standard InChI is InChI=1S/C21H21N3O2S/c1-16-14-19(25)20(23-24(16)18-10-6-3-7-11-18)21(26)22-12-13-27-15-17-8-4-2-5-9-17/h2-11,14H,12-13,15H2,1H3,(H,22,26). The summed E-state index contributed by atoms with van der Waals surface area (Å²) < 4.78 is 1.61. The maximum atomic E-state index is 12.4. The van der Waals surface area contributed by atoms with Crippen molar-refractivity contribution in [2.75, 3.05) is 12.3 Å². The first-order chi connectivity index (χ1) is 13.1. The quantitative estimate of drug-likeness (QED) is 0.640. The van der Waals surface area contributed by atoms with Gasteiger partial charge in [0.1, 0.15) is 0 Å². The molecule has 0 aliphatic rings. The summed E-state index contributed by atoms with van der Waals surface area (Å²) in [5, 5.41) is 7.06. The molecule has 0 saturated carbocycles. The molecule has 6 heteroatoms. The average Bonchev–Trinajstić information content (AvgIpc) is 2.69. The molecule has 0 aliphatic carbocycles. The van der Waals surface area contributed by atoms with E-state index in [9.17, 15) is 9.59 Å². The predicted molar refractivity (Wildman–Crippen MR) is 110 cm³/mol. The second-order valence-electron chi connectivity index (χ2n) is 6.04. The molecule has 0 bridgehead atoms. The molecule has 2 aromatic carbocycles. The molecular formula is C21H21N3O2S. The van der Waals surface area contributed by atoms with Crippen molar-refractivity contribution >= 4 is 17.7 Å². The van der Waals surface area contributed by atoms with Gasteiger partial charge in [-0.3, -0.25) is 9.59 Å². The number of hydrogen-bond acceptors (Lipinski definition) is 4. The van der Waals surface area contributed by atoms with E-state index in [1.165, 1.54) is 11.6 Å². The van der Waals surface area contributed by atoms with E-state index in [1.54, 1.807) is 23.4 Å². The molecule has 0 unspecified atom stereocenters. The molecule has 1 amide bonds. The number of thioether (sulfide) groups is 1. The molecule has 5 nitrogen and oxygen atoms in total. The molecule has 3 aromatic rings. The molecule has 1 N–H and O–H groups in total. The van der Waals surface area contributed by atoms with E-state index in [4.69, 9.17) is 0 Å². The third-order valence-corrected chi connectivity index (χ3v) is 5.00. The van der Waals surface area contributed by atoms with Crippen LogP contribution in [-0.2, 0) is 5.75 Å². The van der Waals surface area contributed by atoms with Crippen molar-refractivity contribution in [1.29, 1.82) is 0 Å². The number of nitrogens with one attached hydrogen (secondary N) is 1. The lowest BCUT2D eigenvalue weighted by Crippen LogP contribution is -2.33. The van der Waals surface area contributed by atoms with Crippen molar-refractivity contribution in [1.82, 2.24) is 15.1 Å². The summed E-state index contributed by atoms with van der Waals surface area (Å²) in [6.07, 6.45) is 0. The van der Waals surface area contributed by atoms with Crippen LogP contribution in [0.15, 0.2) is 71.5 Å². The predicted octanol–water partition coefficient (Wildman–Crippen LogP) is 3.20. The first-order valence-corrected chi connectivity index (χ1v) is 9.87. The lowest BCUT2D eigenvalue weighted by Gasteiger charge is -2.11. The minimum atomic E-state index is -0.440. The highest BCUT2D eigenvalue weighted by Crippen LogP contribution is 2.11. The minimum absolute atomic E-state index is 0.0856. The van der Waals surface area contributed by atoms with Crippen LogP contribution in [0.25, 0.3) is 5.69 Å². The number of benzene rings is 2. The van der Waals surface area contributed by atoms with Gasteiger partial charge in [-0.1, -0.05) is 48.5 Å². The molecule has 1 aromatic heterocycles. The van der Waals surface area contributed by atoms with Crippen LogP contribution < -0.4 is 10.7 Å². The van der Waals surface area contributed by atoms with Gasteiger partial charge in [0.05, 0.1) is 5.69 Å². The van der Waals surface area contributed by atoms with Gasteiger partial charge in [-0.05, 0) is 24.6 Å². The van der Waals surface area contributed by atoms with Crippen LogP contribution in [0.5, 0.6) is 0 Å². The van der Waals surface area contributed by atoms with Crippen molar-refractivity contribution in [2.24, 2.45) is 0 Å².